The molecule has 0 radical (unpaired) electrons. The average molecular weight is 321 g/mol. The molecule has 1 rings (SSSR count). The van der Waals surface area contributed by atoms with Gasteiger partial charge in [0.1, 0.15) is 6.04 Å². The molecule has 2 amide bonds. The number of hydrogen-bond acceptors (Lipinski definition) is 4. The quantitative estimate of drug-likeness (QED) is 0.602. The standard InChI is InChI=1S/C11H13ClN2O5S/c12-8-2-1-6(20-8)3-4-13-11(19)14-7(10(17)18)5-9(15)16/h1-2,7H,3-5H2,(H,15,16)(H,17,18)(H2,13,14,19)/t7-/m0/s1. The molecular weight excluding hydrogens is 308 g/mol. The van der Waals surface area contributed by atoms with Crippen LogP contribution in [0.1, 0.15) is 11.3 Å². The van der Waals surface area contributed by atoms with E-state index in [9.17, 15) is 14.4 Å². The molecule has 7 nitrogen and oxygen atoms in total. The number of thiophene rings is 1. The van der Waals surface area contributed by atoms with Crippen molar-refractivity contribution in [3.63, 3.8) is 0 Å². The Morgan fingerprint density at radius 2 is 2.00 bits per heavy atom. The molecule has 110 valence electrons. The summed E-state index contributed by atoms with van der Waals surface area (Å²) in [5, 5.41) is 21.8. The average Bonchev–Trinajstić information content (AvgIpc) is 2.73. The molecule has 0 aromatic carbocycles. The number of amides is 2. The molecule has 0 saturated heterocycles. The Bertz CT molecular complexity index is 505. The fourth-order valence-corrected chi connectivity index (χ4v) is 2.46. The first-order valence-corrected chi connectivity index (χ1v) is 6.81. The van der Waals surface area contributed by atoms with Crippen LogP contribution in [0.4, 0.5) is 4.79 Å². The van der Waals surface area contributed by atoms with Crippen LogP contribution in [0.5, 0.6) is 0 Å². The molecule has 20 heavy (non-hydrogen) atoms. The predicted molar refractivity (Wildman–Crippen MR) is 73.2 cm³/mol. The van der Waals surface area contributed by atoms with E-state index >= 15 is 0 Å². The summed E-state index contributed by atoms with van der Waals surface area (Å²) >= 11 is 7.14. The van der Waals surface area contributed by atoms with E-state index in [1.54, 1.807) is 6.07 Å². The normalized spacial score (nSPS) is 11.7. The van der Waals surface area contributed by atoms with Gasteiger partial charge in [-0.3, -0.25) is 4.79 Å². The van der Waals surface area contributed by atoms with Crippen LogP contribution in [-0.2, 0) is 16.0 Å². The fourth-order valence-electron chi connectivity index (χ4n) is 1.37. The molecule has 0 saturated carbocycles. The Morgan fingerprint density at radius 1 is 1.30 bits per heavy atom. The number of aliphatic carboxylic acids is 2. The first-order valence-electron chi connectivity index (χ1n) is 5.61. The van der Waals surface area contributed by atoms with Gasteiger partial charge in [-0.25, -0.2) is 9.59 Å². The number of rotatable bonds is 7. The maximum Gasteiger partial charge on any atom is 0.326 e. The van der Waals surface area contributed by atoms with Gasteiger partial charge in [0.15, 0.2) is 0 Å². The SMILES string of the molecule is O=C(O)C[C@H](NC(=O)NCCc1ccc(Cl)s1)C(=O)O. The number of nitrogens with one attached hydrogen (secondary N) is 2. The second-order valence-electron chi connectivity index (χ2n) is 3.84. The van der Waals surface area contributed by atoms with Crippen molar-refractivity contribution in [2.75, 3.05) is 6.54 Å². The van der Waals surface area contributed by atoms with Gasteiger partial charge in [0.25, 0.3) is 0 Å². The van der Waals surface area contributed by atoms with Crippen molar-refractivity contribution in [2.45, 2.75) is 18.9 Å². The summed E-state index contributed by atoms with van der Waals surface area (Å²) in [4.78, 5) is 33.6. The van der Waals surface area contributed by atoms with E-state index in [1.165, 1.54) is 11.3 Å². The van der Waals surface area contributed by atoms with Gasteiger partial charge in [-0.2, -0.15) is 0 Å². The number of carbonyl (C=O) groups is 3. The van der Waals surface area contributed by atoms with Crippen molar-refractivity contribution >= 4 is 40.9 Å². The molecule has 0 fully saturated rings. The van der Waals surface area contributed by atoms with Crippen LogP contribution in [-0.4, -0.2) is 40.8 Å². The highest BCUT2D eigenvalue weighted by Crippen LogP contribution is 2.21. The lowest BCUT2D eigenvalue weighted by Crippen LogP contribution is -2.47. The van der Waals surface area contributed by atoms with Gasteiger partial charge >= 0.3 is 18.0 Å². The molecule has 1 atom stereocenters. The van der Waals surface area contributed by atoms with Crippen molar-refractivity contribution < 1.29 is 24.6 Å². The smallest absolute Gasteiger partial charge is 0.326 e. The number of urea groups is 1. The molecule has 0 unspecified atom stereocenters. The maximum absolute atomic E-state index is 11.4. The third-order valence-corrected chi connectivity index (χ3v) is 3.56. The van der Waals surface area contributed by atoms with Gasteiger partial charge in [0, 0.05) is 11.4 Å². The van der Waals surface area contributed by atoms with Gasteiger partial charge < -0.3 is 20.8 Å². The fraction of sp³-hybridized carbons (Fsp3) is 0.364. The van der Waals surface area contributed by atoms with E-state index in [0.29, 0.717) is 17.3 Å². The zero-order chi connectivity index (χ0) is 15.1. The van der Waals surface area contributed by atoms with Crippen LogP contribution in [0.25, 0.3) is 0 Å². The molecule has 1 aromatic heterocycles. The van der Waals surface area contributed by atoms with E-state index < -0.39 is 30.4 Å². The predicted octanol–water partition coefficient (Wildman–Crippen LogP) is 1.17. The van der Waals surface area contributed by atoms with E-state index in [-0.39, 0.29) is 0 Å². The minimum absolute atomic E-state index is 0.294. The van der Waals surface area contributed by atoms with Gasteiger partial charge in [-0.05, 0) is 18.6 Å². The molecule has 9 heteroatoms. The largest absolute Gasteiger partial charge is 0.481 e. The Balaban J connectivity index is 2.34. The van der Waals surface area contributed by atoms with Crippen molar-refractivity contribution in [1.82, 2.24) is 10.6 Å². The van der Waals surface area contributed by atoms with Crippen molar-refractivity contribution in [1.29, 1.82) is 0 Å². The van der Waals surface area contributed by atoms with Gasteiger partial charge in [0.2, 0.25) is 0 Å². The summed E-state index contributed by atoms with van der Waals surface area (Å²) in [6.45, 7) is 0.294. The summed E-state index contributed by atoms with van der Waals surface area (Å²) in [5.74, 6) is -2.70. The highest BCUT2D eigenvalue weighted by Gasteiger charge is 2.22. The molecule has 0 spiro atoms. The first-order chi connectivity index (χ1) is 9.38. The van der Waals surface area contributed by atoms with Crippen molar-refractivity contribution in [2.24, 2.45) is 0 Å². The van der Waals surface area contributed by atoms with E-state index in [2.05, 4.69) is 10.6 Å². The number of hydrogen-bond donors (Lipinski definition) is 4. The van der Waals surface area contributed by atoms with Crippen LogP contribution in [0.15, 0.2) is 12.1 Å². The highest BCUT2D eigenvalue weighted by atomic mass is 35.5. The van der Waals surface area contributed by atoms with Crippen molar-refractivity contribution in [3.8, 4) is 0 Å². The first kappa shape index (κ1) is 16.3. The molecule has 0 aliphatic heterocycles. The van der Waals surface area contributed by atoms with Gasteiger partial charge in [-0.15, -0.1) is 11.3 Å². The Hall–Kier alpha value is -1.80. The van der Waals surface area contributed by atoms with Gasteiger partial charge in [0.05, 0.1) is 10.8 Å². The summed E-state index contributed by atoms with van der Waals surface area (Å²) in [6.07, 6.45) is -0.120. The van der Waals surface area contributed by atoms with E-state index in [1.807, 2.05) is 6.07 Å². The Labute approximate surface area is 123 Å². The van der Waals surface area contributed by atoms with Gasteiger partial charge in [-0.1, -0.05) is 11.6 Å². The highest BCUT2D eigenvalue weighted by molar-refractivity contribution is 7.16. The molecule has 4 N–H and O–H groups in total. The third kappa shape index (κ3) is 5.89. The number of carbonyl (C=O) groups excluding carboxylic acids is 1. The number of carboxylic acids is 2. The summed E-state index contributed by atoms with van der Waals surface area (Å²) in [6, 6.07) is 1.40. The van der Waals surface area contributed by atoms with Crippen LogP contribution in [0, 0.1) is 0 Å². The molecule has 0 aliphatic carbocycles. The number of carboxylic acid groups (broad SMARTS) is 2. The topological polar surface area (TPSA) is 116 Å². The summed E-state index contributed by atoms with van der Waals surface area (Å²) in [5.41, 5.74) is 0. The lowest BCUT2D eigenvalue weighted by molar-refractivity contribution is -0.145. The summed E-state index contributed by atoms with van der Waals surface area (Å²) in [7, 11) is 0. The van der Waals surface area contributed by atoms with Crippen molar-refractivity contribution in [3.05, 3.63) is 21.3 Å². The summed E-state index contributed by atoms with van der Waals surface area (Å²) < 4.78 is 0.650. The second kappa shape index (κ2) is 7.71. The minimum Gasteiger partial charge on any atom is -0.481 e. The van der Waals surface area contributed by atoms with Crippen LogP contribution >= 0.6 is 22.9 Å². The lowest BCUT2D eigenvalue weighted by Gasteiger charge is -2.13. The molecule has 0 aliphatic rings. The van der Waals surface area contributed by atoms with Crippen LogP contribution in [0.2, 0.25) is 4.34 Å². The monoisotopic (exact) mass is 320 g/mol. The number of halogens is 1. The minimum atomic E-state index is -1.45. The van der Waals surface area contributed by atoms with Crippen LogP contribution in [0.3, 0.4) is 0 Å². The maximum atomic E-state index is 11.4. The Morgan fingerprint density at radius 3 is 2.50 bits per heavy atom. The zero-order valence-corrected chi connectivity index (χ0v) is 11.8. The lowest BCUT2D eigenvalue weighted by atomic mass is 10.2. The van der Waals surface area contributed by atoms with E-state index in [0.717, 1.165) is 4.88 Å². The molecule has 1 heterocycles. The zero-order valence-electron chi connectivity index (χ0n) is 10.3. The molecule has 0 bridgehead atoms. The molecular formula is C11H13ClN2O5S. The third-order valence-electron chi connectivity index (χ3n) is 2.27. The van der Waals surface area contributed by atoms with Crippen LogP contribution < -0.4 is 10.6 Å². The molecule has 1 aromatic rings. The second-order valence-corrected chi connectivity index (χ2v) is 5.64. The van der Waals surface area contributed by atoms with E-state index in [4.69, 9.17) is 21.8 Å². The Kier molecular flexibility index (Phi) is 6.26.